The maximum Gasteiger partial charge on any atom is 0.308 e. The van der Waals surface area contributed by atoms with Crippen LogP contribution in [0.3, 0.4) is 0 Å². The van der Waals surface area contributed by atoms with Gasteiger partial charge in [-0.15, -0.1) is 0 Å². The number of hydrogen-bond acceptors (Lipinski definition) is 3. The first-order valence-corrected chi connectivity index (χ1v) is 6.28. The lowest BCUT2D eigenvalue weighted by atomic mass is 9.97. The zero-order chi connectivity index (χ0) is 12.8. The van der Waals surface area contributed by atoms with Crippen molar-refractivity contribution < 1.29 is 14.7 Å². The van der Waals surface area contributed by atoms with Gasteiger partial charge in [0.15, 0.2) is 0 Å². The number of aliphatic carboxylic acids is 1. The lowest BCUT2D eigenvalue weighted by Gasteiger charge is -2.32. The molecule has 2 atom stereocenters. The molecule has 0 aromatic heterocycles. The molecule has 5 nitrogen and oxygen atoms in total. The van der Waals surface area contributed by atoms with Crippen molar-refractivity contribution in [2.45, 2.75) is 26.7 Å². The fraction of sp³-hybridized carbons (Fsp3) is 0.833. The summed E-state index contributed by atoms with van der Waals surface area (Å²) in [6.07, 6.45) is 1.47. The number of carboxylic acid groups (broad SMARTS) is 1. The second-order valence-electron chi connectivity index (χ2n) is 4.67. The van der Waals surface area contributed by atoms with Gasteiger partial charge in [0.25, 0.3) is 0 Å². The summed E-state index contributed by atoms with van der Waals surface area (Å²) in [6, 6.07) is 0. The Balaban J connectivity index is 2.48. The van der Waals surface area contributed by atoms with E-state index in [1.165, 1.54) is 0 Å². The zero-order valence-electron chi connectivity index (χ0n) is 10.6. The Kier molecular flexibility index (Phi) is 5.41. The Hall–Kier alpha value is -1.10. The van der Waals surface area contributed by atoms with E-state index >= 15 is 0 Å². The van der Waals surface area contributed by atoms with Crippen LogP contribution in [0.15, 0.2) is 0 Å². The number of amides is 1. The molecule has 0 aromatic carbocycles. The molecule has 1 aliphatic rings. The summed E-state index contributed by atoms with van der Waals surface area (Å²) in [5, 5.41) is 12.1. The minimum absolute atomic E-state index is 0.0666. The van der Waals surface area contributed by atoms with Crippen molar-refractivity contribution in [2.75, 3.05) is 26.2 Å². The van der Waals surface area contributed by atoms with Crippen molar-refractivity contribution in [3.05, 3.63) is 0 Å². The first kappa shape index (κ1) is 14.0. The molecule has 0 aliphatic carbocycles. The molecule has 17 heavy (non-hydrogen) atoms. The topological polar surface area (TPSA) is 69.6 Å². The smallest absolute Gasteiger partial charge is 0.308 e. The van der Waals surface area contributed by atoms with Gasteiger partial charge >= 0.3 is 5.97 Å². The number of carbonyl (C=O) groups excluding carboxylic acids is 1. The highest BCUT2D eigenvalue weighted by molar-refractivity contribution is 5.80. The maximum absolute atomic E-state index is 12.1. The van der Waals surface area contributed by atoms with E-state index < -0.39 is 5.97 Å². The molecule has 0 aromatic rings. The van der Waals surface area contributed by atoms with E-state index in [1.807, 2.05) is 13.8 Å². The van der Waals surface area contributed by atoms with Crippen molar-refractivity contribution in [1.29, 1.82) is 0 Å². The van der Waals surface area contributed by atoms with Crippen LogP contribution in [0.25, 0.3) is 0 Å². The Labute approximate surface area is 102 Å². The van der Waals surface area contributed by atoms with E-state index in [0.717, 1.165) is 13.0 Å². The first-order valence-electron chi connectivity index (χ1n) is 6.28. The third-order valence-corrected chi connectivity index (χ3v) is 3.20. The van der Waals surface area contributed by atoms with Crippen LogP contribution in [-0.4, -0.2) is 48.1 Å². The Morgan fingerprint density at radius 1 is 1.53 bits per heavy atom. The van der Waals surface area contributed by atoms with Gasteiger partial charge in [-0.2, -0.15) is 0 Å². The summed E-state index contributed by atoms with van der Waals surface area (Å²) in [4.78, 5) is 24.7. The number of rotatable bonds is 5. The molecular weight excluding hydrogens is 220 g/mol. The van der Waals surface area contributed by atoms with E-state index in [4.69, 9.17) is 5.11 Å². The van der Waals surface area contributed by atoms with E-state index in [0.29, 0.717) is 26.1 Å². The summed E-state index contributed by atoms with van der Waals surface area (Å²) in [7, 11) is 0. The van der Waals surface area contributed by atoms with Crippen molar-refractivity contribution >= 4 is 11.9 Å². The van der Waals surface area contributed by atoms with Crippen LogP contribution in [0.1, 0.15) is 26.7 Å². The van der Waals surface area contributed by atoms with Crippen LogP contribution in [0.5, 0.6) is 0 Å². The van der Waals surface area contributed by atoms with Crippen molar-refractivity contribution in [1.82, 2.24) is 10.2 Å². The highest BCUT2D eigenvalue weighted by atomic mass is 16.4. The molecule has 0 radical (unpaired) electrons. The number of piperidine rings is 1. The molecule has 1 fully saturated rings. The van der Waals surface area contributed by atoms with Gasteiger partial charge in [-0.25, -0.2) is 0 Å². The van der Waals surface area contributed by atoms with E-state index in [-0.39, 0.29) is 17.7 Å². The monoisotopic (exact) mass is 242 g/mol. The quantitative estimate of drug-likeness (QED) is 0.739. The van der Waals surface area contributed by atoms with Gasteiger partial charge in [0.05, 0.1) is 5.92 Å². The summed E-state index contributed by atoms with van der Waals surface area (Å²) in [6.45, 7) is 6.44. The van der Waals surface area contributed by atoms with E-state index in [9.17, 15) is 9.59 Å². The fourth-order valence-corrected chi connectivity index (χ4v) is 2.14. The van der Waals surface area contributed by atoms with Crippen LogP contribution in [0.4, 0.5) is 0 Å². The average molecular weight is 242 g/mol. The maximum atomic E-state index is 12.1. The molecule has 0 spiro atoms. The molecule has 2 N–H and O–H groups in total. The van der Waals surface area contributed by atoms with Crippen LogP contribution in [0, 0.1) is 11.8 Å². The second kappa shape index (κ2) is 6.59. The molecule has 1 unspecified atom stereocenters. The molecule has 1 saturated heterocycles. The number of likely N-dealkylation sites (tertiary alicyclic amines) is 1. The minimum Gasteiger partial charge on any atom is -0.481 e. The van der Waals surface area contributed by atoms with Gasteiger partial charge in [-0.3, -0.25) is 9.59 Å². The Bertz CT molecular complexity index is 281. The highest BCUT2D eigenvalue weighted by Crippen LogP contribution is 2.18. The van der Waals surface area contributed by atoms with E-state index in [1.54, 1.807) is 4.90 Å². The van der Waals surface area contributed by atoms with Crippen molar-refractivity contribution in [3.8, 4) is 0 Å². The molecular formula is C12H22N2O3. The van der Waals surface area contributed by atoms with Crippen LogP contribution in [-0.2, 0) is 9.59 Å². The second-order valence-corrected chi connectivity index (χ2v) is 4.67. The SMILES string of the molecule is CCNCC(C)C(=O)N1CCC[C@@H](C(=O)O)C1. The molecule has 1 amide bonds. The molecule has 5 heteroatoms. The van der Waals surface area contributed by atoms with Gasteiger partial charge < -0.3 is 15.3 Å². The predicted octanol–water partition coefficient (Wildman–Crippen LogP) is 0.555. The number of carboxylic acids is 1. The third-order valence-electron chi connectivity index (χ3n) is 3.20. The van der Waals surface area contributed by atoms with Gasteiger partial charge in [-0.1, -0.05) is 13.8 Å². The van der Waals surface area contributed by atoms with Crippen molar-refractivity contribution in [3.63, 3.8) is 0 Å². The van der Waals surface area contributed by atoms with Gasteiger partial charge in [-0.05, 0) is 19.4 Å². The lowest BCUT2D eigenvalue weighted by molar-refractivity contribution is -0.146. The van der Waals surface area contributed by atoms with Gasteiger partial charge in [0.1, 0.15) is 0 Å². The van der Waals surface area contributed by atoms with Gasteiger partial charge in [0.2, 0.25) is 5.91 Å². The molecule has 1 aliphatic heterocycles. The van der Waals surface area contributed by atoms with Crippen molar-refractivity contribution in [2.24, 2.45) is 11.8 Å². The molecule has 1 heterocycles. The molecule has 0 bridgehead atoms. The van der Waals surface area contributed by atoms with Crippen LogP contribution < -0.4 is 5.32 Å². The highest BCUT2D eigenvalue weighted by Gasteiger charge is 2.29. The lowest BCUT2D eigenvalue weighted by Crippen LogP contribution is -2.46. The summed E-state index contributed by atoms with van der Waals surface area (Å²) >= 11 is 0. The first-order chi connectivity index (χ1) is 8.06. The minimum atomic E-state index is -0.790. The molecule has 98 valence electrons. The van der Waals surface area contributed by atoms with E-state index in [2.05, 4.69) is 5.32 Å². The molecule has 1 rings (SSSR count). The van der Waals surface area contributed by atoms with Crippen LogP contribution >= 0.6 is 0 Å². The number of hydrogen-bond donors (Lipinski definition) is 2. The summed E-state index contributed by atoms with van der Waals surface area (Å²) in [5.74, 6) is -1.19. The standard InChI is InChI=1S/C12H22N2O3/c1-3-13-7-9(2)11(15)14-6-4-5-10(8-14)12(16)17/h9-10,13H,3-8H2,1-2H3,(H,16,17)/t9?,10-/m1/s1. The predicted molar refractivity (Wildman–Crippen MR) is 64.6 cm³/mol. The summed E-state index contributed by atoms with van der Waals surface area (Å²) < 4.78 is 0. The number of nitrogens with one attached hydrogen (secondary N) is 1. The Morgan fingerprint density at radius 2 is 2.24 bits per heavy atom. The summed E-state index contributed by atoms with van der Waals surface area (Å²) in [5.41, 5.74) is 0. The van der Waals surface area contributed by atoms with Gasteiger partial charge in [0, 0.05) is 25.6 Å². The number of carbonyl (C=O) groups is 2. The fourth-order valence-electron chi connectivity index (χ4n) is 2.14. The largest absolute Gasteiger partial charge is 0.481 e. The zero-order valence-corrected chi connectivity index (χ0v) is 10.6. The third kappa shape index (κ3) is 4.00. The normalized spacial score (nSPS) is 22.2. The molecule has 0 saturated carbocycles. The van der Waals surface area contributed by atoms with Crippen LogP contribution in [0.2, 0.25) is 0 Å². The number of nitrogens with zero attached hydrogens (tertiary/aromatic N) is 1. The average Bonchev–Trinajstić information content (AvgIpc) is 2.35. The Morgan fingerprint density at radius 3 is 2.82 bits per heavy atom.